The van der Waals surface area contributed by atoms with Gasteiger partial charge in [0, 0.05) is 5.92 Å². The molecule has 1 aliphatic rings. The molecule has 4 rings (SSSR count). The van der Waals surface area contributed by atoms with Gasteiger partial charge in [-0.1, -0.05) is 92.4 Å². The first kappa shape index (κ1) is 23.9. The van der Waals surface area contributed by atoms with Crippen LogP contribution in [-0.4, -0.2) is 15.9 Å². The molecule has 0 aromatic heterocycles. The Bertz CT molecular complexity index is 1060. The number of benzene rings is 3. The van der Waals surface area contributed by atoms with E-state index in [0.717, 1.165) is 23.5 Å². The lowest BCUT2D eigenvalue weighted by molar-refractivity contribution is 0.239. The summed E-state index contributed by atoms with van der Waals surface area (Å²) in [5.74, 6) is 1.10. The van der Waals surface area contributed by atoms with Crippen molar-refractivity contribution in [3.05, 3.63) is 72.8 Å². The highest BCUT2D eigenvalue weighted by molar-refractivity contribution is 7.81. The van der Waals surface area contributed by atoms with Crippen LogP contribution >= 0.6 is 15.7 Å². The van der Waals surface area contributed by atoms with E-state index in [-0.39, 0.29) is 17.2 Å². The second-order valence-corrected chi connectivity index (χ2v) is 13.5. The van der Waals surface area contributed by atoms with Crippen molar-refractivity contribution in [1.82, 2.24) is 0 Å². The van der Waals surface area contributed by atoms with E-state index in [1.54, 1.807) is 6.07 Å². The van der Waals surface area contributed by atoms with Crippen molar-refractivity contribution < 1.29 is 14.8 Å². The highest BCUT2D eigenvalue weighted by Gasteiger charge is 2.46. The molecule has 0 radical (unpaired) electrons. The molecule has 0 amide bonds. The Labute approximate surface area is 199 Å². The average Bonchev–Trinajstić information content (AvgIpc) is 2.83. The summed E-state index contributed by atoms with van der Waals surface area (Å²) < 4.78 is 14.3. The molecule has 33 heavy (non-hydrogen) atoms. The molecule has 0 aliphatic heterocycles. The van der Waals surface area contributed by atoms with E-state index in [2.05, 4.69) is 45.0 Å². The molecule has 0 saturated heterocycles. The maximum atomic E-state index is 14.3. The fraction of sp³-hybridized carbons (Fsp3) is 0.357. The Morgan fingerprint density at radius 3 is 2.00 bits per heavy atom. The summed E-state index contributed by atoms with van der Waals surface area (Å²) >= 11 is 0. The first-order valence-electron chi connectivity index (χ1n) is 11.8. The molecule has 3 nitrogen and oxygen atoms in total. The van der Waals surface area contributed by atoms with Crippen LogP contribution in [0.2, 0.25) is 0 Å². The summed E-state index contributed by atoms with van der Waals surface area (Å²) in [5.41, 5.74) is 0.0786. The van der Waals surface area contributed by atoms with E-state index in [0.29, 0.717) is 28.4 Å². The van der Waals surface area contributed by atoms with Gasteiger partial charge in [0.05, 0.1) is 5.30 Å². The van der Waals surface area contributed by atoms with Crippen LogP contribution in [0.3, 0.4) is 0 Å². The average molecular weight is 480 g/mol. The number of aromatic hydroxyl groups is 2. The molecule has 1 fully saturated rings. The van der Waals surface area contributed by atoms with Gasteiger partial charge in [-0.3, -0.25) is 0 Å². The van der Waals surface area contributed by atoms with Crippen LogP contribution in [0.25, 0.3) is 0 Å². The number of phenolic OH excluding ortho intramolecular Hbond substituents is 2. The smallest absolute Gasteiger partial charge is 0.381 e. The van der Waals surface area contributed by atoms with Gasteiger partial charge in [0.15, 0.2) is 17.2 Å². The van der Waals surface area contributed by atoms with Crippen LogP contribution in [0.15, 0.2) is 72.8 Å². The van der Waals surface area contributed by atoms with Gasteiger partial charge in [-0.2, -0.15) is 0 Å². The van der Waals surface area contributed by atoms with Gasteiger partial charge in [-0.25, -0.2) is 0 Å². The molecule has 0 bridgehead atoms. The van der Waals surface area contributed by atoms with Crippen LogP contribution in [0.1, 0.15) is 40.0 Å². The summed E-state index contributed by atoms with van der Waals surface area (Å²) in [6.07, 6.45) is 3.21. The predicted octanol–water partition coefficient (Wildman–Crippen LogP) is 5.77. The first-order chi connectivity index (χ1) is 15.9. The Hall–Kier alpha value is -2.21. The first-order valence-corrected chi connectivity index (χ1v) is 14.5. The van der Waals surface area contributed by atoms with Crippen molar-refractivity contribution in [1.29, 1.82) is 0 Å². The lowest BCUT2D eigenvalue weighted by Crippen LogP contribution is -2.35. The molecular formula is C28H33O3P2+. The van der Waals surface area contributed by atoms with Crippen LogP contribution in [-0.2, 0) is 4.57 Å². The molecule has 1 aliphatic carbocycles. The molecule has 0 spiro atoms. The maximum absolute atomic E-state index is 14.3. The topological polar surface area (TPSA) is 57.5 Å². The Morgan fingerprint density at radius 2 is 1.45 bits per heavy atom. The van der Waals surface area contributed by atoms with Crippen LogP contribution in [0.5, 0.6) is 11.5 Å². The second-order valence-electron chi connectivity index (χ2n) is 9.53. The molecule has 4 atom stereocenters. The molecule has 5 heteroatoms. The third-order valence-electron chi connectivity index (χ3n) is 6.89. The normalized spacial score (nSPS) is 21.4. The van der Waals surface area contributed by atoms with Gasteiger partial charge in [-0.15, -0.1) is 0 Å². The van der Waals surface area contributed by atoms with E-state index < -0.39 is 15.7 Å². The summed E-state index contributed by atoms with van der Waals surface area (Å²) in [4.78, 5) is 0. The summed E-state index contributed by atoms with van der Waals surface area (Å²) in [7, 11) is -2.95. The van der Waals surface area contributed by atoms with Crippen molar-refractivity contribution in [3.8, 4) is 11.5 Å². The van der Waals surface area contributed by atoms with Gasteiger partial charge < -0.3 is 10.2 Å². The van der Waals surface area contributed by atoms with Crippen molar-refractivity contribution in [3.63, 3.8) is 0 Å². The van der Waals surface area contributed by atoms with E-state index in [1.165, 1.54) is 12.5 Å². The number of rotatable bonds is 6. The fourth-order valence-corrected chi connectivity index (χ4v) is 10.4. The Morgan fingerprint density at radius 1 is 0.879 bits per heavy atom. The predicted molar refractivity (Wildman–Crippen MR) is 141 cm³/mol. The number of hydrogen-bond acceptors (Lipinski definition) is 3. The summed E-state index contributed by atoms with van der Waals surface area (Å²) in [6.45, 7) is 6.71. The molecule has 1 unspecified atom stereocenters. The van der Waals surface area contributed by atoms with Gasteiger partial charge in [0.1, 0.15) is 0 Å². The van der Waals surface area contributed by atoms with Gasteiger partial charge in [-0.05, 0) is 55.3 Å². The Balaban J connectivity index is 1.90. The minimum atomic E-state index is -1.76. The maximum Gasteiger partial charge on any atom is 0.381 e. The minimum Gasteiger partial charge on any atom is -0.504 e. The zero-order valence-corrected chi connectivity index (χ0v) is 21.3. The number of phenols is 2. The highest BCUT2D eigenvalue weighted by atomic mass is 31.1. The highest BCUT2D eigenvalue weighted by Crippen LogP contribution is 2.48. The monoisotopic (exact) mass is 479 g/mol. The van der Waals surface area contributed by atoms with Crippen molar-refractivity contribution in [2.75, 3.05) is 0 Å². The quantitative estimate of drug-likeness (QED) is 0.349. The molecular weight excluding hydrogens is 446 g/mol. The lowest BCUT2D eigenvalue weighted by Gasteiger charge is -2.32. The van der Waals surface area contributed by atoms with Gasteiger partial charge >= 0.3 is 7.80 Å². The zero-order valence-electron chi connectivity index (χ0n) is 19.6. The van der Waals surface area contributed by atoms with Crippen molar-refractivity contribution in [2.45, 2.75) is 45.7 Å². The molecule has 2 N–H and O–H groups in total. The van der Waals surface area contributed by atoms with Crippen molar-refractivity contribution >= 4 is 36.9 Å². The van der Waals surface area contributed by atoms with E-state index in [4.69, 9.17) is 0 Å². The molecule has 3 aromatic rings. The molecule has 0 heterocycles. The lowest BCUT2D eigenvalue weighted by atomic mass is 9.77. The molecule has 1 saturated carbocycles. The third-order valence-corrected chi connectivity index (χ3v) is 11.6. The van der Waals surface area contributed by atoms with E-state index in [9.17, 15) is 14.8 Å². The zero-order chi connectivity index (χ0) is 23.5. The summed E-state index contributed by atoms with van der Waals surface area (Å²) in [6, 6.07) is 23.4. The van der Waals surface area contributed by atoms with Crippen molar-refractivity contribution in [2.24, 2.45) is 17.8 Å². The van der Waals surface area contributed by atoms with E-state index >= 15 is 0 Å². The minimum absolute atomic E-state index is 0.0786. The standard InChI is InChI=1S/C28H32O3P2/c1-19(2)23-15-14-20(3)18-26(23)33(31)25-17-16-24(29)27(30)28(25)32(21-10-6-4-7-11-21)22-12-8-5-9-13-22/h4-13,16-17,19-20,23,26H,14-15,18H2,1-3H3,(H-,29,30,31)/p+1/t20-,23+,26-/m1/s1. The van der Waals surface area contributed by atoms with Gasteiger partial charge in [0.2, 0.25) is 5.30 Å². The van der Waals surface area contributed by atoms with Crippen LogP contribution in [0.4, 0.5) is 0 Å². The van der Waals surface area contributed by atoms with Crippen LogP contribution in [0, 0.1) is 17.8 Å². The second kappa shape index (κ2) is 10.4. The van der Waals surface area contributed by atoms with Gasteiger partial charge in [0.25, 0.3) is 0 Å². The fourth-order valence-electron chi connectivity index (χ4n) is 5.12. The third kappa shape index (κ3) is 5.01. The SMILES string of the molecule is CC(C)[C@@H]1CC[C@@H](C)C[C@H]1[P+](=O)c1ccc(O)c(O)c1P(c1ccccc1)c1ccccc1. The molecule has 3 aromatic carbocycles. The largest absolute Gasteiger partial charge is 0.504 e. The Kier molecular flexibility index (Phi) is 7.52. The molecule has 172 valence electrons. The van der Waals surface area contributed by atoms with Crippen LogP contribution < -0.4 is 21.2 Å². The van der Waals surface area contributed by atoms with E-state index in [1.807, 2.05) is 36.4 Å². The number of hydrogen-bond donors (Lipinski definition) is 2. The summed E-state index contributed by atoms with van der Waals surface area (Å²) in [5, 5.41) is 25.1.